The van der Waals surface area contributed by atoms with Crippen LogP contribution in [-0.4, -0.2) is 38.2 Å². The number of rotatable bonds is 7. The van der Waals surface area contributed by atoms with Gasteiger partial charge in [0.1, 0.15) is 6.10 Å². The lowest BCUT2D eigenvalue weighted by Gasteiger charge is -2.22. The summed E-state index contributed by atoms with van der Waals surface area (Å²) in [5.74, 6) is 2.27. The number of aromatic nitrogens is 4. The highest BCUT2D eigenvalue weighted by Crippen LogP contribution is 2.22. The van der Waals surface area contributed by atoms with Crippen molar-refractivity contribution >= 4 is 35.6 Å². The molecule has 0 atom stereocenters. The second-order valence-electron chi connectivity index (χ2n) is 7.47. The van der Waals surface area contributed by atoms with Crippen LogP contribution in [0.1, 0.15) is 50.4 Å². The van der Waals surface area contributed by atoms with Gasteiger partial charge in [-0.3, -0.25) is 4.40 Å². The first-order valence-electron chi connectivity index (χ1n) is 10.7. The van der Waals surface area contributed by atoms with Gasteiger partial charge in [-0.25, -0.2) is 9.98 Å². The monoisotopic (exact) mass is 535 g/mol. The average molecular weight is 535 g/mol. The molecule has 0 aromatic carbocycles. The van der Waals surface area contributed by atoms with Gasteiger partial charge in [0.25, 0.3) is 0 Å². The van der Waals surface area contributed by atoms with Crippen molar-refractivity contribution in [1.82, 2.24) is 30.2 Å². The summed E-state index contributed by atoms with van der Waals surface area (Å²) in [6.45, 7) is 3.90. The molecule has 3 heterocycles. The van der Waals surface area contributed by atoms with Crippen molar-refractivity contribution in [3.05, 3.63) is 54.1 Å². The second kappa shape index (κ2) is 11.8. The number of halogens is 1. The normalized spacial score (nSPS) is 14.8. The van der Waals surface area contributed by atoms with Crippen LogP contribution < -0.4 is 15.4 Å². The van der Waals surface area contributed by atoms with E-state index < -0.39 is 0 Å². The average Bonchev–Trinajstić information content (AvgIpc) is 3.20. The molecule has 3 aromatic rings. The molecule has 0 amide bonds. The highest BCUT2D eigenvalue weighted by atomic mass is 127. The van der Waals surface area contributed by atoms with Gasteiger partial charge < -0.3 is 15.4 Å². The quantitative estimate of drug-likeness (QED) is 0.273. The Morgan fingerprint density at radius 2 is 2.03 bits per heavy atom. The highest BCUT2D eigenvalue weighted by Gasteiger charge is 2.15. The Morgan fingerprint density at radius 1 is 1.16 bits per heavy atom. The van der Waals surface area contributed by atoms with Crippen LogP contribution in [0, 0.1) is 0 Å². The molecule has 0 saturated heterocycles. The summed E-state index contributed by atoms with van der Waals surface area (Å²) in [6, 6.07) is 9.83. The molecule has 9 heteroatoms. The summed E-state index contributed by atoms with van der Waals surface area (Å²) < 4.78 is 8.05. The minimum Gasteiger partial charge on any atom is -0.474 e. The Bertz CT molecular complexity index is 985. The Hall–Kier alpha value is -2.43. The fourth-order valence-electron chi connectivity index (χ4n) is 3.65. The van der Waals surface area contributed by atoms with Crippen LogP contribution >= 0.6 is 24.0 Å². The number of fused-ring (bicyclic) bond motifs is 1. The van der Waals surface area contributed by atoms with Crippen molar-refractivity contribution in [2.45, 2.75) is 58.2 Å². The van der Waals surface area contributed by atoms with E-state index in [-0.39, 0.29) is 24.0 Å². The molecular weight excluding hydrogens is 505 g/mol. The molecule has 0 spiro atoms. The number of nitrogens with one attached hydrogen (secondary N) is 2. The van der Waals surface area contributed by atoms with Gasteiger partial charge in [0.2, 0.25) is 5.88 Å². The molecule has 1 fully saturated rings. The topological polar surface area (TPSA) is 88.7 Å². The van der Waals surface area contributed by atoms with E-state index in [1.807, 2.05) is 47.9 Å². The van der Waals surface area contributed by atoms with E-state index in [0.717, 1.165) is 42.4 Å². The fourth-order valence-corrected chi connectivity index (χ4v) is 3.65. The molecule has 1 aliphatic rings. The van der Waals surface area contributed by atoms with E-state index in [2.05, 4.69) is 25.8 Å². The van der Waals surface area contributed by atoms with Crippen LogP contribution in [0.5, 0.6) is 5.88 Å². The first-order chi connectivity index (χ1) is 14.8. The zero-order valence-electron chi connectivity index (χ0n) is 17.8. The van der Waals surface area contributed by atoms with Crippen LogP contribution in [0.15, 0.2) is 47.7 Å². The third-order valence-corrected chi connectivity index (χ3v) is 5.20. The molecule has 1 aliphatic carbocycles. The van der Waals surface area contributed by atoms with E-state index in [9.17, 15) is 0 Å². The second-order valence-corrected chi connectivity index (χ2v) is 7.47. The molecule has 0 radical (unpaired) electrons. The standard InChI is InChI=1S/C22H29N7O.HI/c1-2-23-22(26-16-20-28-27-19-10-6-7-13-29(19)20)25-15-17-11-12-24-21(14-17)30-18-8-4-3-5-9-18;/h6-7,10-14,18H,2-5,8-9,15-16H2,1H3,(H2,23,25,26);1H. The zero-order valence-corrected chi connectivity index (χ0v) is 20.2. The molecule has 166 valence electrons. The maximum absolute atomic E-state index is 6.08. The van der Waals surface area contributed by atoms with Crippen molar-refractivity contribution in [2.24, 2.45) is 4.99 Å². The van der Waals surface area contributed by atoms with Crippen molar-refractivity contribution in [3.8, 4) is 5.88 Å². The predicted octanol–water partition coefficient (Wildman–Crippen LogP) is 3.71. The number of guanidine groups is 1. The van der Waals surface area contributed by atoms with Gasteiger partial charge >= 0.3 is 0 Å². The Kier molecular flexibility index (Phi) is 8.86. The predicted molar refractivity (Wildman–Crippen MR) is 132 cm³/mol. The minimum atomic E-state index is 0. The Morgan fingerprint density at radius 3 is 2.87 bits per heavy atom. The summed E-state index contributed by atoms with van der Waals surface area (Å²) in [5.41, 5.74) is 1.90. The molecular formula is C22H30IN7O. The third-order valence-electron chi connectivity index (χ3n) is 5.20. The molecule has 4 rings (SSSR count). The van der Waals surface area contributed by atoms with Gasteiger partial charge in [0, 0.05) is 25.0 Å². The summed E-state index contributed by atoms with van der Waals surface area (Å²) in [6.07, 6.45) is 10.1. The van der Waals surface area contributed by atoms with E-state index in [4.69, 9.17) is 9.73 Å². The Balaban J connectivity index is 0.00000272. The number of hydrogen-bond donors (Lipinski definition) is 2. The largest absolute Gasteiger partial charge is 0.474 e. The third kappa shape index (κ3) is 6.52. The van der Waals surface area contributed by atoms with Gasteiger partial charge in [-0.05, 0) is 56.4 Å². The van der Waals surface area contributed by atoms with Crippen molar-refractivity contribution < 1.29 is 4.74 Å². The molecule has 1 saturated carbocycles. The fraction of sp³-hybridized carbons (Fsp3) is 0.455. The molecule has 8 nitrogen and oxygen atoms in total. The number of aliphatic imine (C=N–C) groups is 1. The maximum atomic E-state index is 6.08. The van der Waals surface area contributed by atoms with E-state index in [0.29, 0.717) is 25.1 Å². The smallest absolute Gasteiger partial charge is 0.213 e. The van der Waals surface area contributed by atoms with Crippen LogP contribution in [0.25, 0.3) is 5.65 Å². The SMILES string of the molecule is CCNC(=NCc1ccnc(OC2CCCCC2)c1)NCc1nnc2ccccn12.I. The van der Waals surface area contributed by atoms with E-state index in [1.165, 1.54) is 19.3 Å². The van der Waals surface area contributed by atoms with Crippen molar-refractivity contribution in [3.63, 3.8) is 0 Å². The van der Waals surface area contributed by atoms with Gasteiger partial charge in [-0.15, -0.1) is 34.2 Å². The summed E-state index contributed by atoms with van der Waals surface area (Å²) >= 11 is 0. The zero-order chi connectivity index (χ0) is 20.6. The lowest BCUT2D eigenvalue weighted by Crippen LogP contribution is -2.37. The minimum absolute atomic E-state index is 0. The van der Waals surface area contributed by atoms with E-state index >= 15 is 0 Å². The van der Waals surface area contributed by atoms with E-state index in [1.54, 1.807) is 6.20 Å². The van der Waals surface area contributed by atoms with Crippen LogP contribution in [0.4, 0.5) is 0 Å². The first kappa shape index (κ1) is 23.2. The molecule has 3 aromatic heterocycles. The van der Waals surface area contributed by atoms with Crippen molar-refractivity contribution in [1.29, 1.82) is 0 Å². The van der Waals surface area contributed by atoms with Crippen LogP contribution in [0.2, 0.25) is 0 Å². The number of hydrogen-bond acceptors (Lipinski definition) is 5. The van der Waals surface area contributed by atoms with Gasteiger partial charge in [-0.1, -0.05) is 12.5 Å². The number of nitrogens with zero attached hydrogens (tertiary/aromatic N) is 5. The van der Waals surface area contributed by atoms with Crippen LogP contribution in [0.3, 0.4) is 0 Å². The molecule has 31 heavy (non-hydrogen) atoms. The highest BCUT2D eigenvalue weighted by molar-refractivity contribution is 14.0. The molecule has 2 N–H and O–H groups in total. The summed E-state index contributed by atoms with van der Waals surface area (Å²) in [5, 5.41) is 15.1. The lowest BCUT2D eigenvalue weighted by atomic mass is 9.98. The summed E-state index contributed by atoms with van der Waals surface area (Å²) in [4.78, 5) is 9.08. The molecule has 0 bridgehead atoms. The van der Waals surface area contributed by atoms with Gasteiger partial charge in [0.05, 0.1) is 13.1 Å². The lowest BCUT2D eigenvalue weighted by molar-refractivity contribution is 0.148. The van der Waals surface area contributed by atoms with Gasteiger partial charge in [-0.2, -0.15) is 0 Å². The number of pyridine rings is 2. The number of ether oxygens (including phenoxy) is 1. The Labute approximate surface area is 199 Å². The first-order valence-corrected chi connectivity index (χ1v) is 10.7. The maximum Gasteiger partial charge on any atom is 0.213 e. The van der Waals surface area contributed by atoms with Crippen molar-refractivity contribution in [2.75, 3.05) is 6.54 Å². The van der Waals surface area contributed by atoms with Crippen LogP contribution in [-0.2, 0) is 13.1 Å². The molecule has 0 aliphatic heterocycles. The van der Waals surface area contributed by atoms with Gasteiger partial charge in [0.15, 0.2) is 17.4 Å². The molecule has 0 unspecified atom stereocenters. The summed E-state index contributed by atoms with van der Waals surface area (Å²) in [7, 11) is 0.